The molecular formula is C18H20F2N4O3. The molecule has 0 saturated carbocycles. The Balaban J connectivity index is 1.63. The molecule has 0 spiro atoms. The van der Waals surface area contributed by atoms with Crippen LogP contribution in [0, 0.1) is 25.5 Å². The van der Waals surface area contributed by atoms with Crippen molar-refractivity contribution in [3.8, 4) is 0 Å². The van der Waals surface area contributed by atoms with Crippen LogP contribution in [0.2, 0.25) is 0 Å². The quantitative estimate of drug-likeness (QED) is 0.882. The van der Waals surface area contributed by atoms with Crippen LogP contribution in [-0.4, -0.2) is 39.4 Å². The standard InChI is InChI=1S/C18H20F2N4O3/c1-10-14(11(2)27-23-10)9-24-6-5-13(3-4-16(24)25)22-18(26)17-15(20)7-12(19)8-21-17/h7-8,13H,3-6,9H2,1-2H3,(H,22,26). The van der Waals surface area contributed by atoms with E-state index in [1.807, 2.05) is 6.92 Å². The van der Waals surface area contributed by atoms with E-state index in [0.29, 0.717) is 37.8 Å². The fraction of sp³-hybridized carbons (Fsp3) is 0.444. The second kappa shape index (κ2) is 7.81. The van der Waals surface area contributed by atoms with Gasteiger partial charge in [-0.25, -0.2) is 13.8 Å². The first kappa shape index (κ1) is 18.9. The summed E-state index contributed by atoms with van der Waals surface area (Å²) in [6.07, 6.45) is 2.00. The van der Waals surface area contributed by atoms with Crippen LogP contribution < -0.4 is 5.32 Å². The van der Waals surface area contributed by atoms with E-state index in [4.69, 9.17) is 4.52 Å². The fourth-order valence-electron chi connectivity index (χ4n) is 3.10. The highest BCUT2D eigenvalue weighted by Gasteiger charge is 2.26. The molecule has 1 aliphatic heterocycles. The number of likely N-dealkylation sites (tertiary alicyclic amines) is 1. The van der Waals surface area contributed by atoms with Gasteiger partial charge in [-0.15, -0.1) is 0 Å². The lowest BCUT2D eigenvalue weighted by Gasteiger charge is -2.21. The van der Waals surface area contributed by atoms with E-state index in [1.165, 1.54) is 0 Å². The minimum absolute atomic E-state index is 0.0298. The Morgan fingerprint density at radius 2 is 2.15 bits per heavy atom. The van der Waals surface area contributed by atoms with Gasteiger partial charge >= 0.3 is 0 Å². The van der Waals surface area contributed by atoms with Crippen LogP contribution in [0.5, 0.6) is 0 Å². The number of aryl methyl sites for hydroxylation is 2. The summed E-state index contributed by atoms with van der Waals surface area (Å²) < 4.78 is 31.8. The van der Waals surface area contributed by atoms with Gasteiger partial charge in [0.05, 0.1) is 18.4 Å². The molecule has 1 aliphatic rings. The number of nitrogens with one attached hydrogen (secondary N) is 1. The van der Waals surface area contributed by atoms with Crippen molar-refractivity contribution in [2.24, 2.45) is 0 Å². The van der Waals surface area contributed by atoms with Gasteiger partial charge in [-0.3, -0.25) is 9.59 Å². The average molecular weight is 378 g/mol. The second-order valence-corrected chi connectivity index (χ2v) is 6.60. The van der Waals surface area contributed by atoms with Crippen LogP contribution in [0.1, 0.15) is 46.8 Å². The smallest absolute Gasteiger partial charge is 0.273 e. The van der Waals surface area contributed by atoms with Crippen molar-refractivity contribution in [1.29, 1.82) is 0 Å². The molecule has 1 atom stereocenters. The van der Waals surface area contributed by atoms with Crippen molar-refractivity contribution in [1.82, 2.24) is 20.4 Å². The van der Waals surface area contributed by atoms with E-state index in [0.717, 1.165) is 17.5 Å². The van der Waals surface area contributed by atoms with Crippen molar-refractivity contribution >= 4 is 11.8 Å². The van der Waals surface area contributed by atoms with Gasteiger partial charge in [-0.1, -0.05) is 5.16 Å². The van der Waals surface area contributed by atoms with Crippen LogP contribution in [-0.2, 0) is 11.3 Å². The largest absolute Gasteiger partial charge is 0.361 e. The Labute approximate surface area is 154 Å². The van der Waals surface area contributed by atoms with E-state index < -0.39 is 23.2 Å². The topological polar surface area (TPSA) is 88.3 Å². The lowest BCUT2D eigenvalue weighted by Crippen LogP contribution is -2.36. The number of hydrogen-bond acceptors (Lipinski definition) is 5. The average Bonchev–Trinajstić information content (AvgIpc) is 2.82. The molecule has 1 N–H and O–H groups in total. The Hall–Kier alpha value is -2.84. The molecule has 2 aromatic heterocycles. The molecule has 0 aliphatic carbocycles. The van der Waals surface area contributed by atoms with E-state index in [-0.39, 0.29) is 18.4 Å². The third kappa shape index (κ3) is 4.29. The highest BCUT2D eigenvalue weighted by atomic mass is 19.1. The molecular weight excluding hydrogens is 358 g/mol. The van der Waals surface area contributed by atoms with E-state index in [9.17, 15) is 18.4 Å². The zero-order chi connectivity index (χ0) is 19.6. The zero-order valence-electron chi connectivity index (χ0n) is 15.1. The van der Waals surface area contributed by atoms with Crippen LogP contribution in [0.15, 0.2) is 16.8 Å². The molecule has 0 bridgehead atoms. The lowest BCUT2D eigenvalue weighted by atomic mass is 10.1. The Morgan fingerprint density at radius 1 is 1.37 bits per heavy atom. The Morgan fingerprint density at radius 3 is 2.81 bits per heavy atom. The molecule has 0 aromatic carbocycles. The van der Waals surface area contributed by atoms with Crippen molar-refractivity contribution < 1.29 is 22.9 Å². The van der Waals surface area contributed by atoms with Crippen LogP contribution in [0.25, 0.3) is 0 Å². The highest BCUT2D eigenvalue weighted by Crippen LogP contribution is 2.19. The summed E-state index contributed by atoms with van der Waals surface area (Å²) in [5, 5.41) is 6.58. The highest BCUT2D eigenvalue weighted by molar-refractivity contribution is 5.92. The monoisotopic (exact) mass is 378 g/mol. The fourth-order valence-corrected chi connectivity index (χ4v) is 3.10. The van der Waals surface area contributed by atoms with Gasteiger partial charge in [0, 0.05) is 30.6 Å². The van der Waals surface area contributed by atoms with Crippen molar-refractivity contribution in [2.45, 2.75) is 45.7 Å². The number of hydrogen-bond donors (Lipinski definition) is 1. The summed E-state index contributed by atoms with van der Waals surface area (Å²) in [4.78, 5) is 29.8. The van der Waals surface area contributed by atoms with Gasteiger partial charge in [-0.05, 0) is 26.7 Å². The number of rotatable bonds is 4. The van der Waals surface area contributed by atoms with Crippen LogP contribution in [0.4, 0.5) is 8.78 Å². The van der Waals surface area contributed by atoms with Gasteiger partial charge in [0.2, 0.25) is 5.91 Å². The van der Waals surface area contributed by atoms with Gasteiger partial charge in [0.15, 0.2) is 11.5 Å². The first-order chi connectivity index (χ1) is 12.8. The van der Waals surface area contributed by atoms with E-state index in [1.54, 1.807) is 11.8 Å². The number of amides is 2. The summed E-state index contributed by atoms with van der Waals surface area (Å²) >= 11 is 0. The maximum Gasteiger partial charge on any atom is 0.273 e. The summed E-state index contributed by atoms with van der Waals surface area (Å²) in [6.45, 7) is 4.45. The van der Waals surface area contributed by atoms with Crippen molar-refractivity contribution in [3.05, 3.63) is 46.6 Å². The summed E-state index contributed by atoms with van der Waals surface area (Å²) in [5.74, 6) is -1.94. The third-order valence-electron chi connectivity index (χ3n) is 4.70. The predicted octanol–water partition coefficient (Wildman–Crippen LogP) is 2.28. The lowest BCUT2D eigenvalue weighted by molar-refractivity contribution is -0.131. The van der Waals surface area contributed by atoms with Gasteiger partial charge < -0.3 is 14.7 Å². The van der Waals surface area contributed by atoms with Gasteiger partial charge in [0.25, 0.3) is 5.91 Å². The molecule has 7 nitrogen and oxygen atoms in total. The molecule has 2 aromatic rings. The maximum absolute atomic E-state index is 13.7. The summed E-state index contributed by atoms with van der Waals surface area (Å²) in [6, 6.07) is 0.312. The number of carbonyl (C=O) groups excluding carboxylic acids is 2. The van der Waals surface area contributed by atoms with E-state index >= 15 is 0 Å². The molecule has 9 heteroatoms. The normalized spacial score (nSPS) is 17.7. The first-order valence-corrected chi connectivity index (χ1v) is 8.66. The molecule has 144 valence electrons. The molecule has 27 heavy (non-hydrogen) atoms. The first-order valence-electron chi connectivity index (χ1n) is 8.66. The number of aromatic nitrogens is 2. The minimum atomic E-state index is -1.02. The Bertz CT molecular complexity index is 849. The summed E-state index contributed by atoms with van der Waals surface area (Å²) in [7, 11) is 0. The van der Waals surface area contributed by atoms with Gasteiger partial charge in [-0.2, -0.15) is 0 Å². The summed E-state index contributed by atoms with van der Waals surface area (Å²) in [5.41, 5.74) is 1.16. The van der Waals surface area contributed by atoms with E-state index in [2.05, 4.69) is 15.5 Å². The second-order valence-electron chi connectivity index (χ2n) is 6.60. The predicted molar refractivity (Wildman–Crippen MR) is 90.7 cm³/mol. The SMILES string of the molecule is Cc1noc(C)c1CN1CCC(NC(=O)c2ncc(F)cc2F)CCC1=O. The molecule has 0 radical (unpaired) electrons. The number of halogens is 2. The van der Waals surface area contributed by atoms with Crippen molar-refractivity contribution in [3.63, 3.8) is 0 Å². The molecule has 3 heterocycles. The Kier molecular flexibility index (Phi) is 5.48. The maximum atomic E-state index is 13.7. The number of pyridine rings is 1. The molecule has 1 saturated heterocycles. The molecule has 2 amide bonds. The third-order valence-corrected chi connectivity index (χ3v) is 4.70. The minimum Gasteiger partial charge on any atom is -0.361 e. The molecule has 1 unspecified atom stereocenters. The zero-order valence-corrected chi connectivity index (χ0v) is 15.1. The van der Waals surface area contributed by atoms with Crippen LogP contribution >= 0.6 is 0 Å². The molecule has 1 fully saturated rings. The van der Waals surface area contributed by atoms with Crippen LogP contribution in [0.3, 0.4) is 0 Å². The number of nitrogens with zero attached hydrogens (tertiary/aromatic N) is 3. The van der Waals surface area contributed by atoms with Crippen molar-refractivity contribution in [2.75, 3.05) is 6.54 Å². The van der Waals surface area contributed by atoms with Gasteiger partial charge in [0.1, 0.15) is 11.6 Å². The number of carbonyl (C=O) groups is 2. The molecule has 3 rings (SSSR count).